The monoisotopic (exact) mass is 301 g/mol. The molecule has 1 aromatic heterocycles. The van der Waals surface area contributed by atoms with Crippen LogP contribution in [-0.2, 0) is 4.79 Å². The quantitative estimate of drug-likeness (QED) is 0.898. The first-order chi connectivity index (χ1) is 10.6. The van der Waals surface area contributed by atoms with Crippen LogP contribution in [0.2, 0.25) is 0 Å². The van der Waals surface area contributed by atoms with E-state index < -0.39 is 5.54 Å². The van der Waals surface area contributed by atoms with Crippen molar-refractivity contribution in [2.75, 3.05) is 6.54 Å². The minimum absolute atomic E-state index is 0.173. The molecule has 2 saturated carbocycles. The molecular formula is C17H23N3O2. The van der Waals surface area contributed by atoms with Crippen molar-refractivity contribution in [1.82, 2.24) is 15.2 Å². The van der Waals surface area contributed by atoms with Crippen LogP contribution in [0.5, 0.6) is 5.75 Å². The first-order valence-electron chi connectivity index (χ1n) is 8.34. The molecule has 1 atom stereocenters. The lowest BCUT2D eigenvalue weighted by molar-refractivity contribution is -0.133. The SMILES string of the molecule is Cc1ccc(O)c([C@H]2NC3(CCCC3)C(=O)N2CC2CC2)n1. The number of rotatable bonds is 3. The molecule has 0 bridgehead atoms. The molecule has 2 heterocycles. The van der Waals surface area contributed by atoms with Crippen molar-refractivity contribution in [1.29, 1.82) is 0 Å². The molecule has 2 aliphatic carbocycles. The van der Waals surface area contributed by atoms with Gasteiger partial charge in [-0.3, -0.25) is 15.1 Å². The topological polar surface area (TPSA) is 65.5 Å². The highest BCUT2D eigenvalue weighted by molar-refractivity contribution is 5.89. The minimum Gasteiger partial charge on any atom is -0.506 e. The fourth-order valence-electron chi connectivity index (χ4n) is 3.88. The van der Waals surface area contributed by atoms with Gasteiger partial charge in [-0.2, -0.15) is 0 Å². The lowest BCUT2D eigenvalue weighted by atomic mass is 9.98. The summed E-state index contributed by atoms with van der Waals surface area (Å²) in [6, 6.07) is 3.48. The van der Waals surface area contributed by atoms with Gasteiger partial charge in [-0.05, 0) is 50.7 Å². The maximum atomic E-state index is 13.0. The van der Waals surface area contributed by atoms with Gasteiger partial charge >= 0.3 is 0 Å². The minimum atomic E-state index is -0.419. The number of pyridine rings is 1. The van der Waals surface area contributed by atoms with Crippen molar-refractivity contribution in [3.05, 3.63) is 23.5 Å². The first-order valence-corrected chi connectivity index (χ1v) is 8.34. The Balaban J connectivity index is 1.71. The van der Waals surface area contributed by atoms with Gasteiger partial charge in [0.15, 0.2) is 0 Å². The zero-order valence-corrected chi connectivity index (χ0v) is 13.0. The van der Waals surface area contributed by atoms with Crippen LogP contribution < -0.4 is 5.32 Å². The summed E-state index contributed by atoms with van der Waals surface area (Å²) < 4.78 is 0. The molecule has 22 heavy (non-hydrogen) atoms. The summed E-state index contributed by atoms with van der Waals surface area (Å²) in [7, 11) is 0. The number of aromatic nitrogens is 1. The summed E-state index contributed by atoms with van der Waals surface area (Å²) in [5.41, 5.74) is 1.04. The van der Waals surface area contributed by atoms with Crippen molar-refractivity contribution < 1.29 is 9.90 Å². The fraction of sp³-hybridized carbons (Fsp3) is 0.647. The molecule has 118 valence electrons. The van der Waals surface area contributed by atoms with Gasteiger partial charge in [-0.1, -0.05) is 12.8 Å². The molecule has 5 heteroatoms. The highest BCUT2D eigenvalue weighted by Gasteiger charge is 2.54. The van der Waals surface area contributed by atoms with Crippen LogP contribution in [0, 0.1) is 12.8 Å². The predicted molar refractivity (Wildman–Crippen MR) is 82.2 cm³/mol. The van der Waals surface area contributed by atoms with E-state index in [-0.39, 0.29) is 17.8 Å². The fourth-order valence-corrected chi connectivity index (χ4v) is 3.88. The van der Waals surface area contributed by atoms with Gasteiger partial charge in [-0.25, -0.2) is 0 Å². The molecule has 1 aliphatic heterocycles. The summed E-state index contributed by atoms with van der Waals surface area (Å²) >= 11 is 0. The van der Waals surface area contributed by atoms with Crippen LogP contribution in [0.1, 0.15) is 56.1 Å². The van der Waals surface area contributed by atoms with Gasteiger partial charge in [0, 0.05) is 12.2 Å². The number of nitrogens with zero attached hydrogens (tertiary/aromatic N) is 2. The second-order valence-corrected chi connectivity index (χ2v) is 7.09. The normalized spacial score (nSPS) is 27.0. The van der Waals surface area contributed by atoms with Gasteiger partial charge in [0.2, 0.25) is 5.91 Å². The number of hydrogen-bond donors (Lipinski definition) is 2. The third kappa shape index (κ3) is 2.19. The third-order valence-corrected chi connectivity index (χ3v) is 5.30. The van der Waals surface area contributed by atoms with E-state index in [4.69, 9.17) is 0 Å². The van der Waals surface area contributed by atoms with E-state index in [9.17, 15) is 9.90 Å². The number of hydrogen-bond acceptors (Lipinski definition) is 4. The van der Waals surface area contributed by atoms with E-state index in [1.54, 1.807) is 12.1 Å². The molecule has 0 unspecified atom stereocenters. The van der Waals surface area contributed by atoms with Crippen molar-refractivity contribution >= 4 is 5.91 Å². The number of carbonyl (C=O) groups is 1. The summed E-state index contributed by atoms with van der Waals surface area (Å²) in [5, 5.41) is 13.8. The van der Waals surface area contributed by atoms with Crippen LogP contribution in [0.25, 0.3) is 0 Å². The Labute approximate surface area is 130 Å². The van der Waals surface area contributed by atoms with Crippen LogP contribution >= 0.6 is 0 Å². The van der Waals surface area contributed by atoms with E-state index >= 15 is 0 Å². The van der Waals surface area contributed by atoms with Gasteiger partial charge in [-0.15, -0.1) is 0 Å². The molecule has 3 aliphatic rings. The van der Waals surface area contributed by atoms with Crippen LogP contribution in [0.4, 0.5) is 0 Å². The maximum Gasteiger partial charge on any atom is 0.244 e. The zero-order chi connectivity index (χ0) is 15.3. The van der Waals surface area contributed by atoms with Crippen molar-refractivity contribution in [3.8, 4) is 5.75 Å². The van der Waals surface area contributed by atoms with Crippen molar-refractivity contribution in [2.24, 2.45) is 5.92 Å². The molecule has 4 rings (SSSR count). The maximum absolute atomic E-state index is 13.0. The molecule has 5 nitrogen and oxygen atoms in total. The van der Waals surface area contributed by atoms with E-state index in [0.717, 1.165) is 37.9 Å². The molecule has 2 N–H and O–H groups in total. The second kappa shape index (κ2) is 4.95. The molecule has 1 spiro atoms. The van der Waals surface area contributed by atoms with Gasteiger partial charge < -0.3 is 10.0 Å². The Bertz CT molecular complexity index is 606. The molecule has 0 radical (unpaired) electrons. The van der Waals surface area contributed by atoms with Crippen molar-refractivity contribution in [2.45, 2.75) is 57.2 Å². The van der Waals surface area contributed by atoms with Gasteiger partial charge in [0.05, 0.1) is 5.54 Å². The number of carbonyl (C=O) groups excluding carboxylic acids is 1. The van der Waals surface area contributed by atoms with Gasteiger partial charge in [0.25, 0.3) is 0 Å². The van der Waals surface area contributed by atoms with Crippen LogP contribution in [0.3, 0.4) is 0 Å². The van der Waals surface area contributed by atoms with E-state index in [1.807, 2.05) is 11.8 Å². The van der Waals surface area contributed by atoms with Crippen molar-refractivity contribution in [3.63, 3.8) is 0 Å². The number of aryl methyl sites for hydroxylation is 1. The summed E-state index contributed by atoms with van der Waals surface area (Å²) in [4.78, 5) is 19.5. The summed E-state index contributed by atoms with van der Waals surface area (Å²) in [6.07, 6.45) is 6.11. The third-order valence-electron chi connectivity index (χ3n) is 5.30. The lowest BCUT2D eigenvalue weighted by Gasteiger charge is -2.24. The molecule has 1 amide bonds. The molecular weight excluding hydrogens is 278 g/mol. The number of nitrogens with one attached hydrogen (secondary N) is 1. The standard InChI is InChI=1S/C17H23N3O2/c1-11-4-7-13(21)14(18-11)15-19-17(8-2-3-9-17)16(22)20(15)10-12-5-6-12/h4,7,12,15,19,21H,2-3,5-6,8-10H2,1H3/t15-/m0/s1. The second-order valence-electron chi connectivity index (χ2n) is 7.09. The summed E-state index contributed by atoms with van der Waals surface area (Å²) in [5.74, 6) is 1.01. The largest absolute Gasteiger partial charge is 0.506 e. The predicted octanol–water partition coefficient (Wildman–Crippen LogP) is 2.25. The Morgan fingerprint density at radius 3 is 2.77 bits per heavy atom. The van der Waals surface area contributed by atoms with Crippen LogP contribution in [-0.4, -0.2) is 33.0 Å². The summed E-state index contributed by atoms with van der Waals surface area (Å²) in [6.45, 7) is 2.70. The van der Waals surface area contributed by atoms with E-state index in [2.05, 4.69) is 10.3 Å². The Hall–Kier alpha value is -1.62. The Morgan fingerprint density at radius 1 is 1.36 bits per heavy atom. The molecule has 0 aromatic carbocycles. The average Bonchev–Trinajstić information content (AvgIpc) is 3.13. The molecule has 1 saturated heterocycles. The van der Waals surface area contributed by atoms with E-state index in [0.29, 0.717) is 11.6 Å². The number of aromatic hydroxyl groups is 1. The number of amides is 1. The smallest absolute Gasteiger partial charge is 0.244 e. The van der Waals surface area contributed by atoms with Gasteiger partial charge in [0.1, 0.15) is 17.6 Å². The van der Waals surface area contributed by atoms with Crippen LogP contribution in [0.15, 0.2) is 12.1 Å². The highest BCUT2D eigenvalue weighted by atomic mass is 16.3. The molecule has 1 aromatic rings. The Morgan fingerprint density at radius 2 is 2.09 bits per heavy atom. The van der Waals surface area contributed by atoms with E-state index in [1.165, 1.54) is 12.8 Å². The average molecular weight is 301 g/mol. The lowest BCUT2D eigenvalue weighted by Crippen LogP contribution is -2.44. The highest BCUT2D eigenvalue weighted by Crippen LogP contribution is 2.44. The molecule has 3 fully saturated rings. The Kier molecular flexibility index (Phi) is 3.15. The zero-order valence-electron chi connectivity index (χ0n) is 13.0. The first kappa shape index (κ1) is 14.0.